The van der Waals surface area contributed by atoms with Crippen LogP contribution in [-0.4, -0.2) is 11.0 Å². The number of rotatable bonds is 5. The van der Waals surface area contributed by atoms with Gasteiger partial charge in [-0.2, -0.15) is 0 Å². The van der Waals surface area contributed by atoms with Gasteiger partial charge in [-0.25, -0.2) is 0 Å². The van der Waals surface area contributed by atoms with E-state index in [0.29, 0.717) is 12.8 Å². The Morgan fingerprint density at radius 2 is 2.20 bits per heavy atom. The minimum atomic E-state index is -0.494. The molecule has 1 aromatic rings. The normalized spacial score (nSPS) is 12.1. The topological polar surface area (TPSA) is 43.1 Å². The zero-order valence-electron chi connectivity index (χ0n) is 8.85. The van der Waals surface area contributed by atoms with Crippen LogP contribution in [-0.2, 0) is 6.42 Å². The zero-order chi connectivity index (χ0) is 11.3. The number of nitro groups is 1. The molecule has 0 aromatic heterocycles. The molecule has 0 aliphatic heterocycles. The van der Waals surface area contributed by atoms with E-state index in [2.05, 4.69) is 6.58 Å². The molecule has 3 heteroatoms. The summed E-state index contributed by atoms with van der Waals surface area (Å²) in [4.78, 5) is 10.5. The molecule has 0 aliphatic rings. The van der Waals surface area contributed by atoms with Gasteiger partial charge in [0.05, 0.1) is 0 Å². The lowest BCUT2D eigenvalue weighted by atomic mass is 9.99. The lowest BCUT2D eigenvalue weighted by Gasteiger charge is -2.09. The SMILES string of the molecule is C=Cc1ccccc1CC(CC)[N+](=O)[O-]. The highest BCUT2D eigenvalue weighted by Crippen LogP contribution is 2.14. The fraction of sp³-hybridized carbons (Fsp3) is 0.333. The molecule has 15 heavy (non-hydrogen) atoms. The first-order chi connectivity index (χ1) is 7.19. The molecular weight excluding hydrogens is 190 g/mol. The summed E-state index contributed by atoms with van der Waals surface area (Å²) in [6.45, 7) is 5.54. The molecule has 0 saturated heterocycles. The summed E-state index contributed by atoms with van der Waals surface area (Å²) in [5, 5.41) is 10.7. The molecule has 0 spiro atoms. The van der Waals surface area contributed by atoms with Gasteiger partial charge in [-0.05, 0) is 11.1 Å². The molecule has 0 aliphatic carbocycles. The van der Waals surface area contributed by atoms with Crippen molar-refractivity contribution in [2.45, 2.75) is 25.8 Å². The fourth-order valence-electron chi connectivity index (χ4n) is 1.54. The van der Waals surface area contributed by atoms with Gasteiger partial charge < -0.3 is 0 Å². The van der Waals surface area contributed by atoms with Gasteiger partial charge in [0.1, 0.15) is 0 Å². The van der Waals surface area contributed by atoms with Crippen molar-refractivity contribution in [3.63, 3.8) is 0 Å². The van der Waals surface area contributed by atoms with Crippen molar-refractivity contribution in [1.29, 1.82) is 0 Å². The molecule has 1 aromatic carbocycles. The summed E-state index contributed by atoms with van der Waals surface area (Å²) in [6.07, 6.45) is 2.77. The number of nitrogens with zero attached hydrogens (tertiary/aromatic N) is 1. The minimum Gasteiger partial charge on any atom is -0.264 e. The van der Waals surface area contributed by atoms with Crippen LogP contribution >= 0.6 is 0 Å². The summed E-state index contributed by atoms with van der Waals surface area (Å²) in [5.41, 5.74) is 1.98. The van der Waals surface area contributed by atoms with Gasteiger partial charge >= 0.3 is 0 Å². The first kappa shape index (κ1) is 11.4. The van der Waals surface area contributed by atoms with Crippen LogP contribution in [0.5, 0.6) is 0 Å². The fourth-order valence-corrected chi connectivity index (χ4v) is 1.54. The molecule has 0 radical (unpaired) electrons. The Morgan fingerprint density at radius 3 is 2.73 bits per heavy atom. The van der Waals surface area contributed by atoms with E-state index in [1.54, 1.807) is 6.08 Å². The summed E-state index contributed by atoms with van der Waals surface area (Å²) in [7, 11) is 0. The largest absolute Gasteiger partial charge is 0.264 e. The summed E-state index contributed by atoms with van der Waals surface area (Å²) < 4.78 is 0. The standard InChI is InChI=1S/C12H15NO2/c1-3-10-7-5-6-8-11(10)9-12(4-2)13(14)15/h3,5-8,12H,1,4,9H2,2H3. The van der Waals surface area contributed by atoms with E-state index in [0.717, 1.165) is 11.1 Å². The van der Waals surface area contributed by atoms with Crippen molar-refractivity contribution in [3.05, 3.63) is 52.1 Å². The predicted octanol–water partition coefficient (Wildman–Crippen LogP) is 2.93. The van der Waals surface area contributed by atoms with Gasteiger partial charge in [0, 0.05) is 17.8 Å². The van der Waals surface area contributed by atoms with Crippen molar-refractivity contribution in [3.8, 4) is 0 Å². The average molecular weight is 205 g/mol. The van der Waals surface area contributed by atoms with Crippen LogP contribution in [0.4, 0.5) is 0 Å². The van der Waals surface area contributed by atoms with E-state index >= 15 is 0 Å². The molecule has 3 nitrogen and oxygen atoms in total. The van der Waals surface area contributed by atoms with Crippen molar-refractivity contribution in [2.75, 3.05) is 0 Å². The lowest BCUT2D eigenvalue weighted by Crippen LogP contribution is -2.21. The van der Waals surface area contributed by atoms with E-state index in [-0.39, 0.29) is 4.92 Å². The lowest BCUT2D eigenvalue weighted by molar-refractivity contribution is -0.522. The van der Waals surface area contributed by atoms with E-state index in [4.69, 9.17) is 0 Å². The molecule has 1 rings (SSSR count). The van der Waals surface area contributed by atoms with Gasteiger partial charge in [-0.1, -0.05) is 43.8 Å². The number of benzene rings is 1. The summed E-state index contributed by atoms with van der Waals surface area (Å²) in [6, 6.07) is 7.16. The Hall–Kier alpha value is -1.64. The van der Waals surface area contributed by atoms with E-state index < -0.39 is 6.04 Å². The Bertz CT molecular complexity index is 360. The van der Waals surface area contributed by atoms with Crippen LogP contribution in [0.3, 0.4) is 0 Å². The molecule has 80 valence electrons. The van der Waals surface area contributed by atoms with Crippen molar-refractivity contribution in [1.82, 2.24) is 0 Å². The Labute approximate surface area is 89.6 Å². The smallest absolute Gasteiger partial charge is 0.216 e. The number of hydrogen-bond acceptors (Lipinski definition) is 2. The molecule has 1 unspecified atom stereocenters. The Kier molecular flexibility index (Phi) is 4.03. The highest BCUT2D eigenvalue weighted by molar-refractivity contribution is 5.51. The molecule has 0 amide bonds. The molecular formula is C12H15NO2. The van der Waals surface area contributed by atoms with E-state index in [9.17, 15) is 10.1 Å². The van der Waals surface area contributed by atoms with E-state index in [1.807, 2.05) is 31.2 Å². The highest BCUT2D eigenvalue weighted by Gasteiger charge is 2.18. The van der Waals surface area contributed by atoms with Crippen LogP contribution in [0.2, 0.25) is 0 Å². The van der Waals surface area contributed by atoms with E-state index in [1.165, 1.54) is 0 Å². The van der Waals surface area contributed by atoms with Crippen LogP contribution in [0.1, 0.15) is 24.5 Å². The van der Waals surface area contributed by atoms with Crippen LogP contribution in [0.15, 0.2) is 30.8 Å². The first-order valence-corrected chi connectivity index (χ1v) is 5.02. The average Bonchev–Trinajstić information content (AvgIpc) is 2.25. The maximum absolute atomic E-state index is 10.7. The quantitative estimate of drug-likeness (QED) is 0.548. The molecule has 0 heterocycles. The van der Waals surface area contributed by atoms with Crippen molar-refractivity contribution >= 4 is 6.08 Å². The second-order valence-electron chi connectivity index (χ2n) is 3.45. The van der Waals surface area contributed by atoms with Gasteiger partial charge in [-0.3, -0.25) is 10.1 Å². The van der Waals surface area contributed by atoms with Crippen LogP contribution < -0.4 is 0 Å². The minimum absolute atomic E-state index is 0.208. The summed E-state index contributed by atoms with van der Waals surface area (Å²) in [5.74, 6) is 0. The molecule has 1 atom stereocenters. The first-order valence-electron chi connectivity index (χ1n) is 5.02. The maximum atomic E-state index is 10.7. The number of hydrogen-bond donors (Lipinski definition) is 0. The zero-order valence-corrected chi connectivity index (χ0v) is 8.85. The third-order valence-electron chi connectivity index (χ3n) is 2.50. The van der Waals surface area contributed by atoms with Crippen molar-refractivity contribution < 1.29 is 4.92 Å². The van der Waals surface area contributed by atoms with Crippen LogP contribution in [0.25, 0.3) is 6.08 Å². The molecule has 0 fully saturated rings. The Morgan fingerprint density at radius 1 is 1.53 bits per heavy atom. The molecule has 0 N–H and O–H groups in total. The molecule has 0 bridgehead atoms. The monoisotopic (exact) mass is 205 g/mol. The predicted molar refractivity (Wildman–Crippen MR) is 61.3 cm³/mol. The molecule has 0 saturated carbocycles. The van der Waals surface area contributed by atoms with Crippen LogP contribution in [0, 0.1) is 10.1 Å². The second-order valence-corrected chi connectivity index (χ2v) is 3.45. The second kappa shape index (κ2) is 5.29. The highest BCUT2D eigenvalue weighted by atomic mass is 16.6. The maximum Gasteiger partial charge on any atom is 0.216 e. The third kappa shape index (κ3) is 2.91. The third-order valence-corrected chi connectivity index (χ3v) is 2.50. The van der Waals surface area contributed by atoms with Gasteiger partial charge in [0.15, 0.2) is 0 Å². The van der Waals surface area contributed by atoms with Gasteiger partial charge in [0.25, 0.3) is 0 Å². The van der Waals surface area contributed by atoms with Gasteiger partial charge in [0.2, 0.25) is 6.04 Å². The summed E-state index contributed by atoms with van der Waals surface area (Å²) >= 11 is 0. The van der Waals surface area contributed by atoms with Gasteiger partial charge in [-0.15, -0.1) is 0 Å². The van der Waals surface area contributed by atoms with Crippen molar-refractivity contribution in [2.24, 2.45) is 0 Å². The Balaban J connectivity index is 2.87.